The highest BCUT2D eigenvalue weighted by atomic mass is 16.5. The second kappa shape index (κ2) is 16.4. The molecule has 43 heavy (non-hydrogen) atoms. The van der Waals surface area contributed by atoms with Crippen LogP contribution in [0, 0.1) is 5.92 Å². The minimum atomic E-state index is -0.910. The van der Waals surface area contributed by atoms with Crippen molar-refractivity contribution >= 4 is 23.3 Å². The number of esters is 1. The maximum absolute atomic E-state index is 12.4. The smallest absolute Gasteiger partial charge is 0.311 e. The summed E-state index contributed by atoms with van der Waals surface area (Å²) >= 11 is 0. The zero-order valence-corrected chi connectivity index (χ0v) is 23.8. The number of nitrogens with one attached hydrogen (secondary N) is 1. The number of benzene rings is 3. The van der Waals surface area contributed by atoms with E-state index in [1.807, 2.05) is 36.4 Å². The number of para-hydroxylation sites is 1. The van der Waals surface area contributed by atoms with Crippen LogP contribution in [0.4, 0.5) is 5.69 Å². The minimum absolute atomic E-state index is 0.0296. The van der Waals surface area contributed by atoms with Gasteiger partial charge < -0.3 is 29.7 Å². The molecule has 9 heteroatoms. The standard InChI is InChI=1S/C34H37NO8/c36-26(22-41-27-13-7-4-8-14-27)23-42-33-29(30(37)21-31(33)38)15-9-1-2-10-16-32(39)43-28-19-17-25(18-20-28)35-34(40)24-11-5-3-6-12-24/h1-8,11-14,17-20,26,29,31,33,36,38H,9-10,15-16,21-23H2,(H,35,40)/b2-1+. The van der Waals surface area contributed by atoms with Crippen LogP contribution in [0.3, 0.4) is 0 Å². The number of allylic oxidation sites excluding steroid dienone is 2. The third kappa shape index (κ3) is 10.2. The molecule has 0 heterocycles. The van der Waals surface area contributed by atoms with Gasteiger partial charge >= 0.3 is 5.97 Å². The average molecular weight is 588 g/mol. The van der Waals surface area contributed by atoms with Gasteiger partial charge in [-0.2, -0.15) is 0 Å². The van der Waals surface area contributed by atoms with Gasteiger partial charge in [-0.1, -0.05) is 48.6 Å². The maximum atomic E-state index is 12.4. The van der Waals surface area contributed by atoms with Crippen molar-refractivity contribution in [3.63, 3.8) is 0 Å². The number of carbonyl (C=O) groups excluding carboxylic acids is 3. The molecule has 3 aromatic rings. The molecule has 226 valence electrons. The fourth-order valence-corrected chi connectivity index (χ4v) is 4.75. The molecule has 9 nitrogen and oxygen atoms in total. The number of hydrogen-bond donors (Lipinski definition) is 3. The minimum Gasteiger partial charge on any atom is -0.491 e. The fraction of sp³-hybridized carbons (Fsp3) is 0.324. The molecule has 4 rings (SSSR count). The third-order valence-electron chi connectivity index (χ3n) is 6.97. The number of rotatable bonds is 15. The van der Waals surface area contributed by atoms with E-state index >= 15 is 0 Å². The van der Waals surface area contributed by atoms with E-state index < -0.39 is 24.2 Å². The predicted octanol–water partition coefficient (Wildman–Crippen LogP) is 4.74. The van der Waals surface area contributed by atoms with Gasteiger partial charge in [0.15, 0.2) is 0 Å². The van der Waals surface area contributed by atoms with Crippen molar-refractivity contribution in [1.29, 1.82) is 0 Å². The summed E-state index contributed by atoms with van der Waals surface area (Å²) in [4.78, 5) is 36.9. The van der Waals surface area contributed by atoms with Crippen LogP contribution in [-0.2, 0) is 14.3 Å². The SMILES string of the molecule is O=C(CC/C=C/CCC1C(=O)CC(O)C1OCC(O)COc1ccccc1)Oc1ccc(NC(=O)c2ccccc2)cc1. The first-order chi connectivity index (χ1) is 20.9. The third-order valence-corrected chi connectivity index (χ3v) is 6.97. The summed E-state index contributed by atoms with van der Waals surface area (Å²) in [5, 5.41) is 23.3. The van der Waals surface area contributed by atoms with Gasteiger partial charge in [-0.25, -0.2) is 0 Å². The van der Waals surface area contributed by atoms with E-state index in [-0.39, 0.29) is 43.7 Å². The molecule has 1 amide bonds. The first-order valence-corrected chi connectivity index (χ1v) is 14.4. The molecule has 4 unspecified atom stereocenters. The van der Waals surface area contributed by atoms with Crippen LogP contribution in [0.2, 0.25) is 0 Å². The van der Waals surface area contributed by atoms with Gasteiger partial charge in [0.25, 0.3) is 5.91 Å². The van der Waals surface area contributed by atoms with Crippen LogP contribution in [0.25, 0.3) is 0 Å². The summed E-state index contributed by atoms with van der Waals surface area (Å²) in [5.74, 6) is -0.119. The second-order valence-electron chi connectivity index (χ2n) is 10.3. The lowest BCUT2D eigenvalue weighted by atomic mass is 9.98. The molecule has 3 aromatic carbocycles. The lowest BCUT2D eigenvalue weighted by molar-refractivity contribution is -0.134. The normalized spacial score (nSPS) is 18.8. The molecule has 0 aliphatic heterocycles. The van der Waals surface area contributed by atoms with Crippen LogP contribution >= 0.6 is 0 Å². The molecule has 0 spiro atoms. The molecule has 0 bridgehead atoms. The van der Waals surface area contributed by atoms with Gasteiger partial charge in [-0.3, -0.25) is 14.4 Å². The highest BCUT2D eigenvalue weighted by molar-refractivity contribution is 6.04. The zero-order chi connectivity index (χ0) is 30.4. The van der Waals surface area contributed by atoms with E-state index in [0.717, 1.165) is 0 Å². The van der Waals surface area contributed by atoms with E-state index in [9.17, 15) is 24.6 Å². The molecule has 1 aliphatic carbocycles. The van der Waals surface area contributed by atoms with Crippen molar-refractivity contribution in [1.82, 2.24) is 0 Å². The molecule has 3 N–H and O–H groups in total. The van der Waals surface area contributed by atoms with Gasteiger partial charge in [-0.05, 0) is 67.8 Å². The molecule has 1 aliphatic rings. The Hall–Kier alpha value is -4.31. The maximum Gasteiger partial charge on any atom is 0.311 e. The Morgan fingerprint density at radius 2 is 1.56 bits per heavy atom. The molecule has 1 saturated carbocycles. The van der Waals surface area contributed by atoms with Crippen LogP contribution in [0.1, 0.15) is 42.5 Å². The van der Waals surface area contributed by atoms with Crippen molar-refractivity contribution in [2.24, 2.45) is 5.92 Å². The van der Waals surface area contributed by atoms with Gasteiger partial charge in [0.2, 0.25) is 0 Å². The number of anilines is 1. The van der Waals surface area contributed by atoms with Crippen LogP contribution < -0.4 is 14.8 Å². The van der Waals surface area contributed by atoms with Gasteiger partial charge in [0.1, 0.15) is 30.0 Å². The van der Waals surface area contributed by atoms with Crippen molar-refractivity contribution in [2.45, 2.75) is 50.4 Å². The van der Waals surface area contributed by atoms with Crippen molar-refractivity contribution < 1.29 is 38.8 Å². The monoisotopic (exact) mass is 587 g/mol. The van der Waals surface area contributed by atoms with Crippen molar-refractivity contribution in [2.75, 3.05) is 18.5 Å². The summed E-state index contributed by atoms with van der Waals surface area (Å²) in [6.45, 7) is -0.0176. The number of Topliss-reactive ketones (excluding diaryl/α,β-unsaturated/α-hetero) is 1. The van der Waals surface area contributed by atoms with Crippen LogP contribution in [0.15, 0.2) is 97.1 Å². The summed E-state index contributed by atoms with van der Waals surface area (Å²) in [6, 6.07) is 24.6. The van der Waals surface area contributed by atoms with E-state index in [2.05, 4.69) is 5.32 Å². The number of carbonyl (C=O) groups is 3. The molecule has 4 atom stereocenters. The summed E-state index contributed by atoms with van der Waals surface area (Å²) < 4.78 is 16.7. The summed E-state index contributed by atoms with van der Waals surface area (Å²) in [6.07, 6.45) is 3.02. The highest BCUT2D eigenvalue weighted by Crippen LogP contribution is 2.30. The summed E-state index contributed by atoms with van der Waals surface area (Å²) in [5.41, 5.74) is 1.14. The number of amides is 1. The van der Waals surface area contributed by atoms with Crippen molar-refractivity contribution in [3.8, 4) is 11.5 Å². The van der Waals surface area contributed by atoms with E-state index in [0.29, 0.717) is 42.0 Å². The van der Waals surface area contributed by atoms with E-state index in [4.69, 9.17) is 14.2 Å². The molecule has 1 fully saturated rings. The number of ether oxygens (including phenoxy) is 3. The lowest BCUT2D eigenvalue weighted by Gasteiger charge is -2.23. The number of aliphatic hydroxyl groups is 2. The van der Waals surface area contributed by atoms with Crippen molar-refractivity contribution in [3.05, 3.63) is 103 Å². The molecular weight excluding hydrogens is 550 g/mol. The van der Waals surface area contributed by atoms with Gasteiger partial charge in [-0.15, -0.1) is 0 Å². The Morgan fingerprint density at radius 3 is 2.28 bits per heavy atom. The number of ketones is 1. The Bertz CT molecular complexity index is 1340. The Labute approximate surface area is 251 Å². The second-order valence-corrected chi connectivity index (χ2v) is 10.3. The largest absolute Gasteiger partial charge is 0.491 e. The highest BCUT2D eigenvalue weighted by Gasteiger charge is 2.42. The molecule has 0 saturated heterocycles. The average Bonchev–Trinajstić information content (AvgIpc) is 3.29. The van der Waals surface area contributed by atoms with Gasteiger partial charge in [0.05, 0.1) is 18.8 Å². The quantitative estimate of drug-likeness (QED) is 0.132. The van der Waals surface area contributed by atoms with E-state index in [1.54, 1.807) is 60.7 Å². The zero-order valence-electron chi connectivity index (χ0n) is 23.8. The van der Waals surface area contributed by atoms with Crippen LogP contribution in [0.5, 0.6) is 11.5 Å². The Morgan fingerprint density at radius 1 is 0.884 bits per heavy atom. The molecule has 0 radical (unpaired) electrons. The predicted molar refractivity (Wildman–Crippen MR) is 161 cm³/mol. The van der Waals surface area contributed by atoms with E-state index in [1.165, 1.54) is 0 Å². The summed E-state index contributed by atoms with van der Waals surface area (Å²) in [7, 11) is 0. The first kappa shape index (κ1) is 31.6. The number of hydrogen-bond acceptors (Lipinski definition) is 8. The lowest BCUT2D eigenvalue weighted by Crippen LogP contribution is -2.34. The Balaban J connectivity index is 1.12. The first-order valence-electron chi connectivity index (χ1n) is 14.4. The molecular formula is C34H37NO8. The number of aliphatic hydroxyl groups excluding tert-OH is 2. The fourth-order valence-electron chi connectivity index (χ4n) is 4.75. The van der Waals surface area contributed by atoms with Gasteiger partial charge in [0, 0.05) is 30.0 Å². The topological polar surface area (TPSA) is 131 Å². The van der Waals surface area contributed by atoms with Crippen LogP contribution in [-0.4, -0.2) is 59.4 Å². The molecule has 0 aromatic heterocycles. The Kier molecular flexibility index (Phi) is 12.0.